The van der Waals surface area contributed by atoms with Crippen molar-refractivity contribution in [1.82, 2.24) is 5.32 Å². The first-order valence-electron chi connectivity index (χ1n) is 7.08. The molecule has 2 atom stereocenters. The van der Waals surface area contributed by atoms with Gasteiger partial charge in [0.2, 0.25) is 5.91 Å². The molecule has 0 aliphatic rings. The minimum Gasteiger partial charge on any atom is -0.497 e. The molecule has 1 aromatic rings. The molecule has 0 radical (unpaired) electrons. The average molecular weight is 331 g/mol. The standard InChI is InChI=1S/C16H26N2O3.ClH/c1-11(10-18-15(19)14(17)16(2,3)4)21-13-8-6-7-12(9-13)20-5;/h6-9,11,14H,10,17H2,1-5H3,(H,18,19);1H/t11?,14-;/m1./s1. The summed E-state index contributed by atoms with van der Waals surface area (Å²) in [4.78, 5) is 11.9. The Kier molecular flexibility index (Phi) is 8.27. The monoisotopic (exact) mass is 330 g/mol. The lowest BCUT2D eigenvalue weighted by Crippen LogP contribution is -2.50. The van der Waals surface area contributed by atoms with Crippen molar-refractivity contribution in [3.05, 3.63) is 24.3 Å². The van der Waals surface area contributed by atoms with Gasteiger partial charge in [-0.1, -0.05) is 26.8 Å². The van der Waals surface area contributed by atoms with Gasteiger partial charge in [-0.25, -0.2) is 0 Å². The van der Waals surface area contributed by atoms with E-state index in [-0.39, 0.29) is 29.8 Å². The molecular weight excluding hydrogens is 304 g/mol. The van der Waals surface area contributed by atoms with Crippen LogP contribution in [-0.4, -0.2) is 31.7 Å². The van der Waals surface area contributed by atoms with E-state index in [9.17, 15) is 4.79 Å². The zero-order chi connectivity index (χ0) is 16.0. The van der Waals surface area contributed by atoms with E-state index in [2.05, 4.69) is 5.32 Å². The summed E-state index contributed by atoms with van der Waals surface area (Å²) in [7, 11) is 1.61. The molecule has 0 heterocycles. The molecule has 0 bridgehead atoms. The summed E-state index contributed by atoms with van der Waals surface area (Å²) >= 11 is 0. The lowest BCUT2D eigenvalue weighted by Gasteiger charge is -2.26. The highest BCUT2D eigenvalue weighted by Gasteiger charge is 2.27. The van der Waals surface area contributed by atoms with Gasteiger partial charge in [-0.05, 0) is 24.5 Å². The second kappa shape index (κ2) is 8.86. The Hall–Kier alpha value is -1.46. The largest absolute Gasteiger partial charge is 0.497 e. The van der Waals surface area contributed by atoms with Crippen LogP contribution in [0.2, 0.25) is 0 Å². The molecule has 0 fully saturated rings. The van der Waals surface area contributed by atoms with E-state index in [4.69, 9.17) is 15.2 Å². The predicted octanol–water partition coefficient (Wildman–Crippen LogP) is 2.37. The van der Waals surface area contributed by atoms with Crippen LogP contribution in [-0.2, 0) is 4.79 Å². The molecule has 0 saturated heterocycles. The van der Waals surface area contributed by atoms with E-state index >= 15 is 0 Å². The molecule has 1 rings (SSSR count). The molecule has 3 N–H and O–H groups in total. The summed E-state index contributed by atoms with van der Waals surface area (Å²) in [6.07, 6.45) is -0.159. The van der Waals surface area contributed by atoms with E-state index in [1.807, 2.05) is 45.9 Å². The first-order chi connectivity index (χ1) is 9.74. The third kappa shape index (κ3) is 6.54. The highest BCUT2D eigenvalue weighted by Crippen LogP contribution is 2.20. The fourth-order valence-electron chi connectivity index (χ4n) is 1.70. The van der Waals surface area contributed by atoms with Crippen molar-refractivity contribution in [2.24, 2.45) is 11.1 Å². The Morgan fingerprint density at radius 2 is 1.91 bits per heavy atom. The number of benzene rings is 1. The van der Waals surface area contributed by atoms with Gasteiger partial charge in [0.1, 0.15) is 17.6 Å². The Morgan fingerprint density at radius 3 is 2.45 bits per heavy atom. The van der Waals surface area contributed by atoms with Gasteiger partial charge >= 0.3 is 0 Å². The number of halogens is 1. The normalized spacial score (nSPS) is 13.5. The SMILES string of the molecule is COc1cccc(OC(C)CNC(=O)[C@@H](N)C(C)(C)C)c1.Cl. The molecular formula is C16H27ClN2O3. The van der Waals surface area contributed by atoms with Crippen molar-refractivity contribution >= 4 is 18.3 Å². The van der Waals surface area contributed by atoms with Crippen molar-refractivity contribution in [3.8, 4) is 11.5 Å². The Balaban J connectivity index is 0.00000441. The van der Waals surface area contributed by atoms with Crippen LogP contribution >= 0.6 is 12.4 Å². The van der Waals surface area contributed by atoms with Crippen LogP contribution in [0.25, 0.3) is 0 Å². The topological polar surface area (TPSA) is 73.6 Å². The number of hydrogen-bond acceptors (Lipinski definition) is 4. The molecule has 1 aromatic carbocycles. The third-order valence-electron chi connectivity index (χ3n) is 3.16. The molecule has 0 aliphatic heterocycles. The molecule has 0 aromatic heterocycles. The predicted molar refractivity (Wildman–Crippen MR) is 90.8 cm³/mol. The van der Waals surface area contributed by atoms with Gasteiger partial charge in [0.15, 0.2) is 0 Å². The van der Waals surface area contributed by atoms with Crippen LogP contribution in [0.5, 0.6) is 11.5 Å². The van der Waals surface area contributed by atoms with Crippen molar-refractivity contribution < 1.29 is 14.3 Å². The number of carbonyl (C=O) groups is 1. The summed E-state index contributed by atoms with van der Waals surface area (Å²) in [6.45, 7) is 8.11. The number of nitrogens with one attached hydrogen (secondary N) is 1. The van der Waals surface area contributed by atoms with Gasteiger partial charge < -0.3 is 20.5 Å². The number of carbonyl (C=O) groups excluding carboxylic acids is 1. The molecule has 126 valence electrons. The van der Waals surface area contributed by atoms with Gasteiger partial charge in [-0.3, -0.25) is 4.79 Å². The molecule has 0 spiro atoms. The van der Waals surface area contributed by atoms with Crippen molar-refractivity contribution in [3.63, 3.8) is 0 Å². The molecule has 0 saturated carbocycles. The summed E-state index contributed by atoms with van der Waals surface area (Å²) < 4.78 is 10.9. The number of hydrogen-bond donors (Lipinski definition) is 2. The Labute approximate surface area is 139 Å². The van der Waals surface area contributed by atoms with E-state index in [1.165, 1.54) is 0 Å². The number of rotatable bonds is 6. The fourth-order valence-corrected chi connectivity index (χ4v) is 1.70. The highest BCUT2D eigenvalue weighted by atomic mass is 35.5. The van der Waals surface area contributed by atoms with Crippen molar-refractivity contribution in [1.29, 1.82) is 0 Å². The molecule has 6 heteroatoms. The molecule has 1 amide bonds. The lowest BCUT2D eigenvalue weighted by atomic mass is 9.87. The number of methoxy groups -OCH3 is 1. The fraction of sp³-hybridized carbons (Fsp3) is 0.562. The summed E-state index contributed by atoms with van der Waals surface area (Å²) in [5.74, 6) is 1.28. The van der Waals surface area contributed by atoms with Crippen LogP contribution in [0.3, 0.4) is 0 Å². The minimum absolute atomic E-state index is 0. The lowest BCUT2D eigenvalue weighted by molar-refractivity contribution is -0.124. The van der Waals surface area contributed by atoms with Gasteiger partial charge in [0.05, 0.1) is 19.7 Å². The zero-order valence-corrected chi connectivity index (χ0v) is 14.7. The molecule has 22 heavy (non-hydrogen) atoms. The van der Waals surface area contributed by atoms with Gasteiger partial charge in [-0.15, -0.1) is 12.4 Å². The maximum Gasteiger partial charge on any atom is 0.237 e. The zero-order valence-electron chi connectivity index (χ0n) is 13.9. The van der Waals surface area contributed by atoms with E-state index in [0.717, 1.165) is 5.75 Å². The number of nitrogens with two attached hydrogens (primary N) is 1. The smallest absolute Gasteiger partial charge is 0.237 e. The van der Waals surface area contributed by atoms with E-state index < -0.39 is 6.04 Å². The van der Waals surface area contributed by atoms with Crippen LogP contribution in [0, 0.1) is 5.41 Å². The Morgan fingerprint density at radius 1 is 1.32 bits per heavy atom. The first-order valence-corrected chi connectivity index (χ1v) is 7.08. The van der Waals surface area contributed by atoms with Crippen LogP contribution in [0.1, 0.15) is 27.7 Å². The maximum absolute atomic E-state index is 11.9. The van der Waals surface area contributed by atoms with Gasteiger partial charge in [-0.2, -0.15) is 0 Å². The van der Waals surface area contributed by atoms with Gasteiger partial charge in [0.25, 0.3) is 0 Å². The highest BCUT2D eigenvalue weighted by molar-refractivity contribution is 5.85. The second-order valence-corrected chi connectivity index (χ2v) is 6.20. The van der Waals surface area contributed by atoms with Crippen molar-refractivity contribution in [2.45, 2.75) is 39.8 Å². The minimum atomic E-state index is -0.540. The summed E-state index contributed by atoms with van der Waals surface area (Å²) in [6, 6.07) is 6.82. The van der Waals surface area contributed by atoms with E-state index in [0.29, 0.717) is 12.3 Å². The second-order valence-electron chi connectivity index (χ2n) is 6.20. The molecule has 5 nitrogen and oxygen atoms in total. The number of amides is 1. The molecule has 1 unspecified atom stereocenters. The van der Waals surface area contributed by atoms with Crippen LogP contribution in [0.4, 0.5) is 0 Å². The maximum atomic E-state index is 11.9. The van der Waals surface area contributed by atoms with E-state index in [1.54, 1.807) is 13.2 Å². The van der Waals surface area contributed by atoms with Crippen LogP contribution < -0.4 is 20.5 Å². The quantitative estimate of drug-likeness (QED) is 0.840. The van der Waals surface area contributed by atoms with Crippen LogP contribution in [0.15, 0.2) is 24.3 Å². The Bertz CT molecular complexity index is 475. The van der Waals surface area contributed by atoms with Gasteiger partial charge in [0, 0.05) is 6.07 Å². The average Bonchev–Trinajstić information content (AvgIpc) is 2.43. The van der Waals surface area contributed by atoms with Crippen molar-refractivity contribution in [2.75, 3.05) is 13.7 Å². The summed E-state index contributed by atoms with van der Waals surface area (Å²) in [5.41, 5.74) is 5.64. The first kappa shape index (κ1) is 20.5. The third-order valence-corrected chi connectivity index (χ3v) is 3.16. The molecule has 0 aliphatic carbocycles. The number of ether oxygens (including phenoxy) is 2. The summed E-state index contributed by atoms with van der Waals surface area (Å²) in [5, 5.41) is 2.82.